The highest BCUT2D eigenvalue weighted by molar-refractivity contribution is 5.99. The Kier molecular flexibility index (Phi) is 3.90. The molecular formula is C14H14N4O4. The molecule has 0 unspecified atom stereocenters. The number of nitrogens with zero attached hydrogens (tertiary/aromatic N) is 2. The zero-order chi connectivity index (χ0) is 15.4. The maximum atomic E-state index is 11.9. The Morgan fingerprint density at radius 1 is 1.09 bits per heavy atom. The number of ether oxygens (including phenoxy) is 3. The van der Waals surface area contributed by atoms with Crippen LogP contribution in [0.15, 0.2) is 30.6 Å². The van der Waals surface area contributed by atoms with E-state index in [-0.39, 0.29) is 6.01 Å². The van der Waals surface area contributed by atoms with Crippen LogP contribution < -0.4 is 24.8 Å². The third-order valence-corrected chi connectivity index (χ3v) is 2.87. The zero-order valence-electron chi connectivity index (χ0n) is 11.8. The molecule has 2 N–H and O–H groups in total. The monoisotopic (exact) mass is 302 g/mol. The van der Waals surface area contributed by atoms with Gasteiger partial charge < -0.3 is 24.8 Å². The van der Waals surface area contributed by atoms with Crippen LogP contribution in [0, 0.1) is 0 Å². The van der Waals surface area contributed by atoms with Gasteiger partial charge in [-0.2, -0.15) is 0 Å². The van der Waals surface area contributed by atoms with Gasteiger partial charge in [-0.25, -0.2) is 14.8 Å². The molecule has 0 atom stereocenters. The van der Waals surface area contributed by atoms with Crippen molar-refractivity contribution >= 4 is 17.4 Å². The van der Waals surface area contributed by atoms with E-state index in [9.17, 15) is 4.79 Å². The van der Waals surface area contributed by atoms with Gasteiger partial charge in [0.1, 0.15) is 13.2 Å². The molecule has 1 aliphatic heterocycles. The molecule has 0 bridgehead atoms. The maximum Gasteiger partial charge on any atom is 0.323 e. The molecule has 0 saturated heterocycles. The number of fused-ring (bicyclic) bond motifs is 1. The van der Waals surface area contributed by atoms with Crippen molar-refractivity contribution in [3.63, 3.8) is 0 Å². The summed E-state index contributed by atoms with van der Waals surface area (Å²) >= 11 is 0. The Morgan fingerprint density at radius 2 is 1.77 bits per heavy atom. The van der Waals surface area contributed by atoms with E-state index in [2.05, 4.69) is 20.6 Å². The number of aromatic nitrogens is 2. The smallest absolute Gasteiger partial charge is 0.323 e. The summed E-state index contributed by atoms with van der Waals surface area (Å²) in [7, 11) is 1.47. The van der Waals surface area contributed by atoms with E-state index in [0.717, 1.165) is 0 Å². The highest BCUT2D eigenvalue weighted by atomic mass is 16.6. The van der Waals surface area contributed by atoms with Gasteiger partial charge in [-0.15, -0.1) is 0 Å². The van der Waals surface area contributed by atoms with Crippen molar-refractivity contribution in [1.29, 1.82) is 0 Å². The summed E-state index contributed by atoms with van der Waals surface area (Å²) in [5.41, 5.74) is 1.05. The van der Waals surface area contributed by atoms with Gasteiger partial charge in [0.05, 0.1) is 25.2 Å². The van der Waals surface area contributed by atoms with Crippen LogP contribution in [0.25, 0.3) is 0 Å². The van der Waals surface area contributed by atoms with Crippen molar-refractivity contribution in [3.8, 4) is 17.5 Å². The van der Waals surface area contributed by atoms with Crippen LogP contribution in [0.1, 0.15) is 0 Å². The number of rotatable bonds is 3. The Hall–Kier alpha value is -3.03. The number of carbonyl (C=O) groups is 1. The molecule has 8 nitrogen and oxygen atoms in total. The van der Waals surface area contributed by atoms with Gasteiger partial charge >= 0.3 is 12.0 Å². The molecule has 2 amide bonds. The van der Waals surface area contributed by atoms with E-state index in [1.54, 1.807) is 18.2 Å². The number of anilines is 2. The maximum absolute atomic E-state index is 11.9. The topological polar surface area (TPSA) is 94.6 Å². The molecule has 0 radical (unpaired) electrons. The zero-order valence-corrected chi connectivity index (χ0v) is 11.8. The normalized spacial score (nSPS) is 12.4. The third kappa shape index (κ3) is 3.17. The predicted octanol–water partition coefficient (Wildman–Crippen LogP) is 1.90. The molecular weight excluding hydrogens is 288 g/mol. The molecule has 0 fully saturated rings. The van der Waals surface area contributed by atoms with Gasteiger partial charge in [-0.3, -0.25) is 0 Å². The fourth-order valence-corrected chi connectivity index (χ4v) is 1.90. The van der Waals surface area contributed by atoms with Gasteiger partial charge in [-0.05, 0) is 12.1 Å². The number of nitrogens with one attached hydrogen (secondary N) is 2. The van der Waals surface area contributed by atoms with E-state index in [0.29, 0.717) is 36.1 Å². The van der Waals surface area contributed by atoms with Crippen LogP contribution in [-0.4, -0.2) is 36.3 Å². The number of methoxy groups -OCH3 is 1. The average Bonchev–Trinajstić information content (AvgIpc) is 2.55. The molecule has 2 heterocycles. The van der Waals surface area contributed by atoms with Gasteiger partial charge in [0.25, 0.3) is 0 Å². The highest BCUT2D eigenvalue weighted by Gasteiger charge is 2.12. The second kappa shape index (κ2) is 6.17. The van der Waals surface area contributed by atoms with Crippen molar-refractivity contribution in [1.82, 2.24) is 9.97 Å². The molecule has 0 saturated carbocycles. The summed E-state index contributed by atoms with van der Waals surface area (Å²) in [6, 6.07) is 5.01. The Labute approximate surface area is 126 Å². The van der Waals surface area contributed by atoms with E-state index >= 15 is 0 Å². The summed E-state index contributed by atoms with van der Waals surface area (Å²) in [4.78, 5) is 19.7. The molecule has 0 aliphatic carbocycles. The van der Waals surface area contributed by atoms with Crippen LogP contribution in [0.3, 0.4) is 0 Å². The summed E-state index contributed by atoms with van der Waals surface area (Å²) < 4.78 is 15.7. The quantitative estimate of drug-likeness (QED) is 0.899. The number of urea groups is 1. The first-order valence-corrected chi connectivity index (χ1v) is 6.58. The van der Waals surface area contributed by atoms with E-state index in [4.69, 9.17) is 14.2 Å². The standard InChI is InChI=1S/C14H14N4O4/c1-20-14-15-7-10(8-16-14)18-13(19)17-9-2-3-11-12(6-9)22-5-4-21-11/h2-3,6-8H,4-5H2,1H3,(H2,17,18,19). The lowest BCUT2D eigenvalue weighted by molar-refractivity contribution is 0.171. The fourth-order valence-electron chi connectivity index (χ4n) is 1.90. The molecule has 1 aromatic carbocycles. The minimum atomic E-state index is -0.412. The molecule has 8 heteroatoms. The number of hydrogen-bond acceptors (Lipinski definition) is 6. The fraction of sp³-hybridized carbons (Fsp3) is 0.214. The average molecular weight is 302 g/mol. The lowest BCUT2D eigenvalue weighted by atomic mass is 10.2. The van der Waals surface area contributed by atoms with Crippen molar-refractivity contribution in [2.24, 2.45) is 0 Å². The lowest BCUT2D eigenvalue weighted by Gasteiger charge is -2.19. The molecule has 22 heavy (non-hydrogen) atoms. The van der Waals surface area contributed by atoms with Crippen LogP contribution in [-0.2, 0) is 0 Å². The van der Waals surface area contributed by atoms with Crippen LogP contribution in [0.2, 0.25) is 0 Å². The first-order valence-electron chi connectivity index (χ1n) is 6.58. The molecule has 0 spiro atoms. The Bertz CT molecular complexity index is 675. The van der Waals surface area contributed by atoms with Crippen LogP contribution in [0.4, 0.5) is 16.2 Å². The number of hydrogen-bond donors (Lipinski definition) is 2. The van der Waals surface area contributed by atoms with Crippen molar-refractivity contribution < 1.29 is 19.0 Å². The van der Waals surface area contributed by atoms with Gasteiger partial charge in [0.15, 0.2) is 11.5 Å². The van der Waals surface area contributed by atoms with E-state index in [1.807, 2.05) is 0 Å². The second-order valence-corrected chi connectivity index (χ2v) is 4.40. The molecule has 3 rings (SSSR count). The Morgan fingerprint density at radius 3 is 2.50 bits per heavy atom. The predicted molar refractivity (Wildman–Crippen MR) is 78.7 cm³/mol. The minimum Gasteiger partial charge on any atom is -0.486 e. The molecule has 1 aliphatic rings. The summed E-state index contributed by atoms with van der Waals surface area (Å²) in [6.45, 7) is 1.02. The number of amides is 2. The summed E-state index contributed by atoms with van der Waals surface area (Å²) in [6.07, 6.45) is 2.91. The van der Waals surface area contributed by atoms with E-state index < -0.39 is 6.03 Å². The van der Waals surface area contributed by atoms with Gasteiger partial charge in [0, 0.05) is 11.8 Å². The van der Waals surface area contributed by atoms with Crippen molar-refractivity contribution in [2.75, 3.05) is 31.0 Å². The second-order valence-electron chi connectivity index (χ2n) is 4.40. The van der Waals surface area contributed by atoms with Crippen LogP contribution >= 0.6 is 0 Å². The van der Waals surface area contributed by atoms with Gasteiger partial charge in [-0.1, -0.05) is 0 Å². The largest absolute Gasteiger partial charge is 0.486 e. The minimum absolute atomic E-state index is 0.234. The van der Waals surface area contributed by atoms with Crippen molar-refractivity contribution in [3.05, 3.63) is 30.6 Å². The van der Waals surface area contributed by atoms with E-state index in [1.165, 1.54) is 19.5 Å². The number of carbonyl (C=O) groups excluding carboxylic acids is 1. The first kappa shape index (κ1) is 13.9. The Balaban J connectivity index is 1.63. The summed E-state index contributed by atoms with van der Waals surface area (Å²) in [5.74, 6) is 1.28. The third-order valence-electron chi connectivity index (χ3n) is 2.87. The molecule has 2 aromatic rings. The van der Waals surface area contributed by atoms with Crippen molar-refractivity contribution in [2.45, 2.75) is 0 Å². The molecule has 1 aromatic heterocycles. The molecule has 114 valence electrons. The van der Waals surface area contributed by atoms with Crippen LogP contribution in [0.5, 0.6) is 17.5 Å². The summed E-state index contributed by atoms with van der Waals surface area (Å²) in [5, 5.41) is 5.32. The SMILES string of the molecule is COc1ncc(NC(=O)Nc2ccc3c(c2)OCCO3)cn1. The first-order chi connectivity index (χ1) is 10.7. The number of benzene rings is 1. The highest BCUT2D eigenvalue weighted by Crippen LogP contribution is 2.32. The lowest BCUT2D eigenvalue weighted by Crippen LogP contribution is -2.20. The van der Waals surface area contributed by atoms with Gasteiger partial charge in [0.2, 0.25) is 0 Å².